The molecule has 2 aliphatic rings. The number of Topliss-reactive ketones (excluding diaryl/α,β-unsaturated/α-hetero) is 1. The van der Waals surface area contributed by atoms with Crippen molar-refractivity contribution in [2.75, 3.05) is 0 Å². The molecule has 2 heterocycles. The Morgan fingerprint density at radius 2 is 1.68 bits per heavy atom. The highest BCUT2D eigenvalue weighted by molar-refractivity contribution is 7.14. The number of hydrogen-bond acceptors (Lipinski definition) is 5. The largest absolute Gasteiger partial charge is 0.325 e. The quantitative estimate of drug-likeness (QED) is 0.621. The number of nitrogens with one attached hydrogen (secondary N) is 3. The number of aryl methyl sites for hydroxylation is 2. The van der Waals surface area contributed by atoms with Crippen LogP contribution in [0.15, 0.2) is 16.9 Å². The fraction of sp³-hybridized carbons (Fsp3) is 0.478. The van der Waals surface area contributed by atoms with Gasteiger partial charge in [0.15, 0.2) is 5.78 Å². The molecular formula is C23H27N3O4S. The molecule has 4 rings (SSSR count). The van der Waals surface area contributed by atoms with Gasteiger partial charge in [-0.2, -0.15) is 0 Å². The fourth-order valence-corrected chi connectivity index (χ4v) is 5.54. The Labute approximate surface area is 184 Å². The number of rotatable bonds is 2. The van der Waals surface area contributed by atoms with Crippen molar-refractivity contribution in [1.82, 2.24) is 15.8 Å². The lowest BCUT2D eigenvalue weighted by molar-refractivity contribution is 0.0847. The van der Waals surface area contributed by atoms with Crippen LogP contribution in [0, 0.1) is 5.41 Å². The minimum atomic E-state index is -0.745. The van der Waals surface area contributed by atoms with Crippen LogP contribution in [0.2, 0.25) is 0 Å². The van der Waals surface area contributed by atoms with Crippen molar-refractivity contribution < 1.29 is 14.4 Å². The average Bonchev–Trinajstić information content (AvgIpc) is 3.06. The van der Waals surface area contributed by atoms with Gasteiger partial charge < -0.3 is 4.98 Å². The number of hydrogen-bond donors (Lipinski definition) is 3. The minimum absolute atomic E-state index is 0.100. The molecule has 3 N–H and O–H groups in total. The molecule has 0 aromatic carbocycles. The molecule has 0 aliphatic heterocycles. The maximum absolute atomic E-state index is 12.6. The molecule has 2 aliphatic carbocycles. The number of aromatic nitrogens is 1. The number of aromatic amines is 1. The summed E-state index contributed by atoms with van der Waals surface area (Å²) in [4.78, 5) is 54.5. The summed E-state index contributed by atoms with van der Waals surface area (Å²) in [5.74, 6) is -1.25. The molecule has 8 heteroatoms. The van der Waals surface area contributed by atoms with E-state index in [9.17, 15) is 19.2 Å². The van der Waals surface area contributed by atoms with Crippen molar-refractivity contribution in [1.29, 1.82) is 0 Å². The van der Waals surface area contributed by atoms with Crippen molar-refractivity contribution in [3.8, 4) is 0 Å². The molecule has 0 fully saturated rings. The maximum atomic E-state index is 12.6. The number of carbonyl (C=O) groups excluding carboxylic acids is 3. The van der Waals surface area contributed by atoms with Crippen molar-refractivity contribution in [2.45, 2.75) is 65.2 Å². The topological polar surface area (TPSA) is 108 Å². The van der Waals surface area contributed by atoms with Gasteiger partial charge in [0, 0.05) is 22.6 Å². The van der Waals surface area contributed by atoms with Gasteiger partial charge in [-0.05, 0) is 55.2 Å². The van der Waals surface area contributed by atoms with E-state index in [1.807, 2.05) is 19.9 Å². The molecule has 0 unspecified atom stereocenters. The zero-order chi connectivity index (χ0) is 22.2. The van der Waals surface area contributed by atoms with Crippen LogP contribution in [0.1, 0.15) is 92.5 Å². The van der Waals surface area contributed by atoms with E-state index >= 15 is 0 Å². The molecule has 31 heavy (non-hydrogen) atoms. The number of ketones is 1. The number of fused-ring (bicyclic) bond motifs is 2. The van der Waals surface area contributed by atoms with Crippen LogP contribution in [0.3, 0.4) is 0 Å². The van der Waals surface area contributed by atoms with E-state index in [-0.39, 0.29) is 16.8 Å². The Balaban J connectivity index is 1.46. The first-order chi connectivity index (χ1) is 14.7. The lowest BCUT2D eigenvalue weighted by atomic mass is 9.75. The molecule has 0 saturated heterocycles. The highest BCUT2D eigenvalue weighted by Crippen LogP contribution is 2.33. The van der Waals surface area contributed by atoms with Gasteiger partial charge in [-0.15, -0.1) is 11.3 Å². The molecule has 7 nitrogen and oxygen atoms in total. The summed E-state index contributed by atoms with van der Waals surface area (Å²) in [6, 6.07) is 3.24. The van der Waals surface area contributed by atoms with Gasteiger partial charge in [-0.1, -0.05) is 26.7 Å². The minimum Gasteiger partial charge on any atom is -0.325 e. The SMILES string of the molecule is CC1(C)CC(=O)c2cc(C(=O)NNC(=O)c3cc4c(s3)CCCCCC4)c(=O)[nH]c2C1. The predicted molar refractivity (Wildman–Crippen MR) is 119 cm³/mol. The highest BCUT2D eigenvalue weighted by atomic mass is 32.1. The number of hydrazine groups is 1. The van der Waals surface area contributed by atoms with Gasteiger partial charge in [-0.3, -0.25) is 30.0 Å². The first kappa shape index (κ1) is 21.5. The van der Waals surface area contributed by atoms with Gasteiger partial charge in [0.25, 0.3) is 17.4 Å². The van der Waals surface area contributed by atoms with Crippen LogP contribution < -0.4 is 16.4 Å². The monoisotopic (exact) mass is 441 g/mol. The summed E-state index contributed by atoms with van der Waals surface area (Å²) in [6.07, 6.45) is 7.54. The van der Waals surface area contributed by atoms with Gasteiger partial charge >= 0.3 is 0 Å². The van der Waals surface area contributed by atoms with Crippen LogP contribution in [-0.2, 0) is 19.3 Å². The Bertz CT molecular complexity index is 1090. The molecule has 0 atom stereocenters. The number of carbonyl (C=O) groups is 3. The lowest BCUT2D eigenvalue weighted by Crippen LogP contribution is -2.43. The highest BCUT2D eigenvalue weighted by Gasteiger charge is 2.32. The first-order valence-electron chi connectivity index (χ1n) is 10.8. The van der Waals surface area contributed by atoms with Crippen LogP contribution >= 0.6 is 11.3 Å². The van der Waals surface area contributed by atoms with Gasteiger partial charge in [0.1, 0.15) is 5.56 Å². The molecular weight excluding hydrogens is 414 g/mol. The first-order valence-corrected chi connectivity index (χ1v) is 11.6. The Morgan fingerprint density at radius 1 is 0.968 bits per heavy atom. The van der Waals surface area contributed by atoms with E-state index in [2.05, 4.69) is 15.8 Å². The summed E-state index contributed by atoms with van der Waals surface area (Å²) in [5.41, 5.74) is 5.87. The molecule has 2 amide bonds. The third-order valence-electron chi connectivity index (χ3n) is 5.97. The molecule has 0 saturated carbocycles. The Kier molecular flexibility index (Phi) is 5.83. The predicted octanol–water partition coefficient (Wildman–Crippen LogP) is 3.33. The second-order valence-electron chi connectivity index (χ2n) is 9.23. The van der Waals surface area contributed by atoms with Gasteiger partial charge in [0.05, 0.1) is 4.88 Å². The van der Waals surface area contributed by atoms with Crippen LogP contribution in [-0.4, -0.2) is 22.6 Å². The summed E-state index contributed by atoms with van der Waals surface area (Å²) in [7, 11) is 0. The van der Waals surface area contributed by atoms with Crippen molar-refractivity contribution in [3.05, 3.63) is 54.6 Å². The number of pyridine rings is 1. The lowest BCUT2D eigenvalue weighted by Gasteiger charge is -2.29. The summed E-state index contributed by atoms with van der Waals surface area (Å²) in [5, 5.41) is 0. The Hall–Kier alpha value is -2.74. The number of H-pyrrole nitrogens is 1. The second-order valence-corrected chi connectivity index (χ2v) is 10.4. The van der Waals surface area contributed by atoms with E-state index in [0.29, 0.717) is 29.0 Å². The zero-order valence-electron chi connectivity index (χ0n) is 17.9. The number of thiophene rings is 1. The summed E-state index contributed by atoms with van der Waals surface area (Å²) >= 11 is 1.46. The van der Waals surface area contributed by atoms with Crippen molar-refractivity contribution in [3.63, 3.8) is 0 Å². The van der Waals surface area contributed by atoms with E-state index in [4.69, 9.17) is 0 Å². The molecule has 0 spiro atoms. The van der Waals surface area contributed by atoms with Gasteiger partial charge in [-0.25, -0.2) is 0 Å². The fourth-order valence-electron chi connectivity index (χ4n) is 4.40. The molecule has 2 aromatic heterocycles. The van der Waals surface area contributed by atoms with E-state index in [0.717, 1.165) is 25.7 Å². The standard InChI is InChI=1S/C23H27N3O4S/c1-23(2)11-16-14(17(27)12-23)10-15(20(28)24-16)21(29)25-26-22(30)19-9-13-7-5-3-4-6-8-18(13)31-19/h9-10H,3-8,11-12H2,1-2H3,(H,24,28)(H,25,29)(H,26,30). The third-order valence-corrected chi connectivity index (χ3v) is 7.21. The van der Waals surface area contributed by atoms with E-state index < -0.39 is 17.4 Å². The van der Waals surface area contributed by atoms with Crippen molar-refractivity contribution in [2.24, 2.45) is 5.41 Å². The van der Waals surface area contributed by atoms with Crippen LogP contribution in [0.25, 0.3) is 0 Å². The molecule has 0 bridgehead atoms. The number of amides is 2. The van der Waals surface area contributed by atoms with Crippen LogP contribution in [0.4, 0.5) is 0 Å². The average molecular weight is 442 g/mol. The smallest absolute Gasteiger partial charge is 0.279 e. The van der Waals surface area contributed by atoms with E-state index in [1.54, 1.807) is 0 Å². The van der Waals surface area contributed by atoms with Crippen LogP contribution in [0.5, 0.6) is 0 Å². The summed E-state index contributed by atoms with van der Waals surface area (Å²) in [6.45, 7) is 3.93. The molecule has 2 aromatic rings. The molecule has 164 valence electrons. The second kappa shape index (κ2) is 8.42. The normalized spacial score (nSPS) is 17.7. The Morgan fingerprint density at radius 3 is 2.45 bits per heavy atom. The molecule has 0 radical (unpaired) electrons. The zero-order valence-corrected chi connectivity index (χ0v) is 18.7. The summed E-state index contributed by atoms with van der Waals surface area (Å²) < 4.78 is 0. The van der Waals surface area contributed by atoms with Gasteiger partial charge in [0.2, 0.25) is 0 Å². The maximum Gasteiger partial charge on any atom is 0.279 e. The van der Waals surface area contributed by atoms with Crippen molar-refractivity contribution >= 4 is 28.9 Å². The van der Waals surface area contributed by atoms with E-state index in [1.165, 1.54) is 40.7 Å². The third kappa shape index (κ3) is 4.63.